The normalized spacial score (nSPS) is 15.0. The lowest BCUT2D eigenvalue weighted by Gasteiger charge is -2.18. The van der Waals surface area contributed by atoms with Crippen LogP contribution >= 0.6 is 0 Å². The molecule has 29 heavy (non-hydrogen) atoms. The quantitative estimate of drug-likeness (QED) is 0.324. The van der Waals surface area contributed by atoms with Crippen LogP contribution in [-0.2, 0) is 5.41 Å². The van der Waals surface area contributed by atoms with Gasteiger partial charge >= 0.3 is 6.17 Å². The van der Waals surface area contributed by atoms with Crippen molar-refractivity contribution in [3.05, 3.63) is 103 Å². The number of nitrogens with zero attached hydrogens (tertiary/aromatic N) is 2. The third kappa shape index (κ3) is 3.23. The van der Waals surface area contributed by atoms with Crippen molar-refractivity contribution in [2.45, 2.75) is 45.7 Å². The molecule has 3 heterocycles. The Bertz CT molecular complexity index is 1120. The molecule has 1 aliphatic rings. The maximum atomic E-state index is 4.36. The Balaban J connectivity index is 1.98. The van der Waals surface area contributed by atoms with Gasteiger partial charge in [-0.05, 0) is 42.5 Å². The van der Waals surface area contributed by atoms with Crippen molar-refractivity contribution in [2.24, 2.45) is 0 Å². The Morgan fingerprint density at radius 1 is 1.03 bits per heavy atom. The Kier molecular flexibility index (Phi) is 4.74. The fraction of sp³-hybridized carbons (Fsp3) is 0.259. The Morgan fingerprint density at radius 3 is 2.52 bits per heavy atom. The molecule has 2 heteroatoms. The van der Waals surface area contributed by atoms with Crippen LogP contribution in [0.1, 0.15) is 55.7 Å². The van der Waals surface area contributed by atoms with Gasteiger partial charge in [-0.2, -0.15) is 0 Å². The van der Waals surface area contributed by atoms with Crippen LogP contribution in [-0.4, -0.2) is 0 Å². The summed E-state index contributed by atoms with van der Waals surface area (Å²) in [7, 11) is 0. The van der Waals surface area contributed by atoms with Crippen LogP contribution in [0.2, 0.25) is 0 Å². The average molecular weight is 383 g/mol. The summed E-state index contributed by atoms with van der Waals surface area (Å²) in [5.74, 6) is 0. The highest BCUT2D eigenvalue weighted by Crippen LogP contribution is 2.35. The summed E-state index contributed by atoms with van der Waals surface area (Å²) in [4.78, 5) is 0. The highest BCUT2D eigenvalue weighted by molar-refractivity contribution is 5.65. The maximum Gasteiger partial charge on any atom is 0.381 e. The van der Waals surface area contributed by atoms with Gasteiger partial charge in [0.2, 0.25) is 11.4 Å². The molecule has 0 unspecified atom stereocenters. The van der Waals surface area contributed by atoms with Gasteiger partial charge in [0.15, 0.2) is 12.4 Å². The zero-order valence-corrected chi connectivity index (χ0v) is 17.9. The number of hydrogen-bond donors (Lipinski definition) is 0. The molecule has 0 aliphatic carbocycles. The lowest BCUT2D eigenvalue weighted by Crippen LogP contribution is -2.58. The molecule has 2 aromatic heterocycles. The van der Waals surface area contributed by atoms with Crippen LogP contribution in [0.15, 0.2) is 80.2 Å². The minimum absolute atomic E-state index is 0.0756. The molecule has 0 spiro atoms. The van der Waals surface area contributed by atoms with Gasteiger partial charge in [0.05, 0.1) is 5.56 Å². The van der Waals surface area contributed by atoms with E-state index in [2.05, 4.69) is 111 Å². The number of fused-ring (bicyclic) bond motifs is 3. The van der Waals surface area contributed by atoms with E-state index in [0.717, 1.165) is 12.0 Å². The first-order valence-corrected chi connectivity index (χ1v) is 10.3. The van der Waals surface area contributed by atoms with Crippen molar-refractivity contribution in [3.63, 3.8) is 0 Å². The summed E-state index contributed by atoms with van der Waals surface area (Å²) >= 11 is 0. The van der Waals surface area contributed by atoms with E-state index >= 15 is 0 Å². The molecule has 3 aromatic rings. The molecule has 1 aliphatic heterocycles. The van der Waals surface area contributed by atoms with E-state index in [1.54, 1.807) is 0 Å². The first kappa shape index (κ1) is 19.3. The average Bonchev–Trinajstić information content (AvgIpc) is 3.01. The zero-order chi connectivity index (χ0) is 20.8. The van der Waals surface area contributed by atoms with E-state index in [1.165, 1.54) is 33.6 Å². The number of allylic oxidation sites excluding steroid dienone is 2. The van der Waals surface area contributed by atoms with Crippen molar-refractivity contribution < 1.29 is 9.13 Å². The lowest BCUT2D eigenvalue weighted by atomic mass is 9.87. The second-order valence-electron chi connectivity index (χ2n) is 8.96. The minimum Gasteiger partial charge on any atom is -0.132 e. The van der Waals surface area contributed by atoms with Gasteiger partial charge in [-0.1, -0.05) is 45.6 Å². The number of pyridine rings is 2. The smallest absolute Gasteiger partial charge is 0.132 e. The molecule has 0 amide bonds. The Labute approximate surface area is 174 Å². The summed E-state index contributed by atoms with van der Waals surface area (Å²) in [5.41, 5.74) is 8.88. The summed E-state index contributed by atoms with van der Waals surface area (Å²) in [6.45, 7) is 17.2. The standard InChI is InChI=1S/C27H30N2/c1-7-11-19(2)25-20(3)12-10-16-29(25)26-23-14-9-8-13-22(23)24-18-21(27(4,5)6)15-17-28(24)26/h7-10,12-18,26H,1-2,11H2,3-6H3/q+2/t26-/m0/s1. The van der Waals surface area contributed by atoms with Gasteiger partial charge in [-0.3, -0.25) is 0 Å². The lowest BCUT2D eigenvalue weighted by molar-refractivity contribution is -0.926. The third-order valence-corrected chi connectivity index (χ3v) is 5.84. The fourth-order valence-corrected chi connectivity index (χ4v) is 4.37. The van der Waals surface area contributed by atoms with Crippen molar-refractivity contribution in [2.75, 3.05) is 0 Å². The molecule has 0 bridgehead atoms. The maximum absolute atomic E-state index is 4.36. The van der Waals surface area contributed by atoms with E-state index in [0.29, 0.717) is 0 Å². The topological polar surface area (TPSA) is 7.76 Å². The molecule has 0 saturated heterocycles. The number of rotatable bonds is 4. The molecule has 146 valence electrons. The van der Waals surface area contributed by atoms with Gasteiger partial charge in [0.25, 0.3) is 0 Å². The summed E-state index contributed by atoms with van der Waals surface area (Å²) < 4.78 is 4.76. The zero-order valence-electron chi connectivity index (χ0n) is 17.9. The first-order valence-electron chi connectivity index (χ1n) is 10.3. The van der Waals surface area contributed by atoms with Crippen LogP contribution in [0, 0.1) is 6.92 Å². The van der Waals surface area contributed by atoms with E-state index < -0.39 is 0 Å². The predicted octanol–water partition coefficient (Wildman–Crippen LogP) is 5.53. The second kappa shape index (κ2) is 7.11. The first-order chi connectivity index (χ1) is 13.8. The second-order valence-corrected chi connectivity index (χ2v) is 8.96. The van der Waals surface area contributed by atoms with Gasteiger partial charge in [0.1, 0.15) is 5.56 Å². The summed E-state index contributed by atoms with van der Waals surface area (Å²) in [5, 5.41) is 0. The minimum atomic E-state index is 0.0756. The van der Waals surface area contributed by atoms with Crippen molar-refractivity contribution in [1.82, 2.24) is 0 Å². The molecule has 0 N–H and O–H groups in total. The SMILES string of the molecule is C=CCC(=C)c1c(C)ccc[n+]1[C@H]1c2ccccc2-c2cc(C(C)(C)C)cc[n+]21. The van der Waals surface area contributed by atoms with Gasteiger partial charge in [-0.25, -0.2) is 0 Å². The predicted molar refractivity (Wildman–Crippen MR) is 120 cm³/mol. The largest absolute Gasteiger partial charge is 0.381 e. The van der Waals surface area contributed by atoms with Gasteiger partial charge in [-0.15, -0.1) is 15.7 Å². The molecule has 2 nitrogen and oxygen atoms in total. The number of aryl methyl sites for hydroxylation is 1. The molecule has 1 aromatic carbocycles. The van der Waals surface area contributed by atoms with E-state index in [9.17, 15) is 0 Å². The van der Waals surface area contributed by atoms with Crippen LogP contribution in [0.3, 0.4) is 0 Å². The third-order valence-electron chi connectivity index (χ3n) is 5.84. The van der Waals surface area contributed by atoms with E-state index in [4.69, 9.17) is 0 Å². The highest BCUT2D eigenvalue weighted by Gasteiger charge is 2.45. The molecular weight excluding hydrogens is 352 g/mol. The monoisotopic (exact) mass is 382 g/mol. The molecule has 0 saturated carbocycles. The van der Waals surface area contributed by atoms with E-state index in [-0.39, 0.29) is 11.6 Å². The highest BCUT2D eigenvalue weighted by atomic mass is 15.2. The number of aromatic nitrogens is 2. The Morgan fingerprint density at radius 2 is 1.79 bits per heavy atom. The number of benzene rings is 1. The van der Waals surface area contributed by atoms with Crippen molar-refractivity contribution >= 4 is 5.57 Å². The molecule has 1 atom stereocenters. The van der Waals surface area contributed by atoms with Gasteiger partial charge < -0.3 is 0 Å². The van der Waals surface area contributed by atoms with Crippen molar-refractivity contribution in [1.29, 1.82) is 0 Å². The summed E-state index contributed by atoms with van der Waals surface area (Å²) in [6.07, 6.45) is 7.21. The molecule has 4 rings (SSSR count). The number of hydrogen-bond acceptors (Lipinski definition) is 0. The van der Waals surface area contributed by atoms with Crippen LogP contribution in [0.25, 0.3) is 16.8 Å². The van der Waals surface area contributed by atoms with Gasteiger partial charge in [0, 0.05) is 29.3 Å². The van der Waals surface area contributed by atoms with Crippen molar-refractivity contribution in [3.8, 4) is 11.3 Å². The Hall–Kier alpha value is -3.00. The molecule has 0 fully saturated rings. The van der Waals surface area contributed by atoms with Crippen LogP contribution in [0.4, 0.5) is 0 Å². The fourth-order valence-electron chi connectivity index (χ4n) is 4.37. The summed E-state index contributed by atoms with van der Waals surface area (Å²) in [6, 6.07) is 17.7. The van der Waals surface area contributed by atoms with E-state index in [1.807, 2.05) is 6.08 Å². The molecule has 0 radical (unpaired) electrons. The molecular formula is C27H30N2+2. The van der Waals surface area contributed by atoms with Crippen LogP contribution in [0.5, 0.6) is 0 Å². The van der Waals surface area contributed by atoms with Crippen LogP contribution < -0.4 is 9.13 Å².